The third-order valence-electron chi connectivity index (χ3n) is 5.56. The highest BCUT2D eigenvalue weighted by Gasteiger charge is 2.16. The van der Waals surface area contributed by atoms with Crippen molar-refractivity contribution in [3.63, 3.8) is 0 Å². The van der Waals surface area contributed by atoms with Gasteiger partial charge in [-0.15, -0.1) is 0 Å². The summed E-state index contributed by atoms with van der Waals surface area (Å²) in [5.74, 6) is 3.08. The van der Waals surface area contributed by atoms with E-state index in [1.165, 1.54) is 0 Å². The molecule has 32 heavy (non-hydrogen) atoms. The Morgan fingerprint density at radius 2 is 1.75 bits per heavy atom. The van der Waals surface area contributed by atoms with E-state index in [1.807, 2.05) is 68.1 Å². The molecule has 0 N–H and O–H groups in total. The summed E-state index contributed by atoms with van der Waals surface area (Å²) in [7, 11) is 0. The molecule has 0 unspecified atom stereocenters. The molecule has 0 bridgehead atoms. The molecule has 1 aromatic heterocycles. The third-order valence-corrected chi connectivity index (χ3v) is 5.56. The Bertz CT molecular complexity index is 1050. The number of aromatic nitrogens is 1. The molecule has 1 amide bonds. The van der Waals surface area contributed by atoms with Crippen LogP contribution in [-0.2, 0) is 24.4 Å². The van der Waals surface area contributed by atoms with Gasteiger partial charge in [0.25, 0.3) is 0 Å². The fraction of sp³-hybridized carbons (Fsp3) is 0.360. The molecule has 1 aliphatic heterocycles. The van der Waals surface area contributed by atoms with Crippen molar-refractivity contribution in [3.05, 3.63) is 70.6 Å². The predicted octanol–water partition coefficient (Wildman–Crippen LogP) is 4.23. The highest BCUT2D eigenvalue weighted by Crippen LogP contribution is 2.31. The predicted molar refractivity (Wildman–Crippen MR) is 119 cm³/mol. The second-order valence-electron chi connectivity index (χ2n) is 7.80. The van der Waals surface area contributed by atoms with Gasteiger partial charge in [0.1, 0.15) is 31.3 Å². The molecule has 7 heteroatoms. The smallest absolute Gasteiger partial charge is 0.227 e. The summed E-state index contributed by atoms with van der Waals surface area (Å²) < 4.78 is 22.2. The van der Waals surface area contributed by atoms with Crippen molar-refractivity contribution in [2.75, 3.05) is 19.8 Å². The van der Waals surface area contributed by atoms with E-state index < -0.39 is 0 Å². The molecule has 0 spiro atoms. The van der Waals surface area contributed by atoms with Crippen LogP contribution in [0.5, 0.6) is 17.2 Å². The Balaban J connectivity index is 1.34. The first-order chi connectivity index (χ1) is 15.5. The summed E-state index contributed by atoms with van der Waals surface area (Å²) >= 11 is 0. The monoisotopic (exact) mass is 436 g/mol. The average Bonchev–Trinajstić information content (AvgIpc) is 3.13. The van der Waals surface area contributed by atoms with E-state index in [1.54, 1.807) is 0 Å². The summed E-state index contributed by atoms with van der Waals surface area (Å²) in [5.41, 5.74) is 3.76. The molecule has 4 rings (SSSR count). The first-order valence-electron chi connectivity index (χ1n) is 10.8. The SMILES string of the molecule is CCN(Cc1ccc2c(c1)OCCO2)C(=O)Cc1ccc(OCc2c(C)noc2C)cc1. The molecule has 0 saturated carbocycles. The number of ether oxygens (including phenoxy) is 3. The molecule has 3 aromatic rings. The highest BCUT2D eigenvalue weighted by atomic mass is 16.6. The summed E-state index contributed by atoms with van der Waals surface area (Å²) in [6.07, 6.45) is 0.336. The van der Waals surface area contributed by atoms with Gasteiger partial charge in [0.05, 0.1) is 17.7 Å². The zero-order chi connectivity index (χ0) is 22.5. The number of fused-ring (bicyclic) bond motifs is 1. The molecule has 0 saturated heterocycles. The van der Waals surface area contributed by atoms with Gasteiger partial charge in [0, 0.05) is 13.1 Å². The van der Waals surface area contributed by atoms with Gasteiger partial charge in [-0.25, -0.2) is 0 Å². The first kappa shape index (κ1) is 21.7. The van der Waals surface area contributed by atoms with E-state index >= 15 is 0 Å². The lowest BCUT2D eigenvalue weighted by molar-refractivity contribution is -0.130. The number of carbonyl (C=O) groups excluding carboxylic acids is 1. The van der Waals surface area contributed by atoms with Gasteiger partial charge < -0.3 is 23.6 Å². The van der Waals surface area contributed by atoms with Crippen LogP contribution < -0.4 is 14.2 Å². The minimum Gasteiger partial charge on any atom is -0.489 e. The Hall–Kier alpha value is -3.48. The Morgan fingerprint density at radius 3 is 2.44 bits per heavy atom. The minimum absolute atomic E-state index is 0.0757. The van der Waals surface area contributed by atoms with Crippen molar-refractivity contribution in [2.45, 2.75) is 40.3 Å². The third kappa shape index (κ3) is 5.04. The van der Waals surface area contributed by atoms with Gasteiger partial charge in [-0.05, 0) is 56.2 Å². The van der Waals surface area contributed by atoms with Gasteiger partial charge in [-0.3, -0.25) is 4.79 Å². The number of amides is 1. The number of likely N-dealkylation sites (N-methyl/N-ethyl adjacent to an activating group) is 1. The lowest BCUT2D eigenvalue weighted by atomic mass is 10.1. The Labute approximate surface area is 187 Å². The number of rotatable bonds is 8. The molecule has 0 radical (unpaired) electrons. The summed E-state index contributed by atoms with van der Waals surface area (Å²) in [6.45, 7) is 8.43. The van der Waals surface area contributed by atoms with Gasteiger partial charge in [0.15, 0.2) is 11.5 Å². The Kier molecular flexibility index (Phi) is 6.63. The van der Waals surface area contributed by atoms with E-state index in [0.29, 0.717) is 39.3 Å². The zero-order valence-electron chi connectivity index (χ0n) is 18.7. The molecule has 2 heterocycles. The van der Waals surface area contributed by atoms with Gasteiger partial charge in [-0.1, -0.05) is 23.4 Å². The number of hydrogen-bond acceptors (Lipinski definition) is 6. The van der Waals surface area contributed by atoms with E-state index in [4.69, 9.17) is 18.7 Å². The molecule has 0 aliphatic carbocycles. The Morgan fingerprint density at radius 1 is 1.03 bits per heavy atom. The molecule has 2 aromatic carbocycles. The lowest BCUT2D eigenvalue weighted by Crippen LogP contribution is -2.31. The van der Waals surface area contributed by atoms with Crippen molar-refractivity contribution in [1.82, 2.24) is 10.1 Å². The molecule has 0 atom stereocenters. The average molecular weight is 437 g/mol. The highest BCUT2D eigenvalue weighted by molar-refractivity contribution is 5.78. The topological polar surface area (TPSA) is 74.0 Å². The number of benzene rings is 2. The molecular weight excluding hydrogens is 408 g/mol. The van der Waals surface area contributed by atoms with Crippen LogP contribution in [0.3, 0.4) is 0 Å². The number of carbonyl (C=O) groups is 1. The van der Waals surface area contributed by atoms with Crippen LogP contribution in [0.4, 0.5) is 0 Å². The van der Waals surface area contributed by atoms with E-state index in [9.17, 15) is 4.79 Å². The van der Waals surface area contributed by atoms with Crippen molar-refractivity contribution in [1.29, 1.82) is 0 Å². The van der Waals surface area contributed by atoms with Crippen molar-refractivity contribution in [2.24, 2.45) is 0 Å². The summed E-state index contributed by atoms with van der Waals surface area (Å²) in [6, 6.07) is 13.5. The first-order valence-corrected chi connectivity index (χ1v) is 10.8. The number of aryl methyl sites for hydroxylation is 2. The fourth-order valence-electron chi connectivity index (χ4n) is 3.64. The standard InChI is InChI=1S/C25H28N2O5/c1-4-27(15-20-7-10-23-24(13-20)30-12-11-29-23)25(28)14-19-5-8-21(9-6-19)31-16-22-17(2)26-32-18(22)3/h5-10,13H,4,11-12,14-16H2,1-3H3. The number of hydrogen-bond donors (Lipinski definition) is 0. The van der Waals surface area contributed by atoms with Crippen molar-refractivity contribution < 1.29 is 23.5 Å². The maximum absolute atomic E-state index is 12.9. The van der Waals surface area contributed by atoms with Crippen LogP contribution in [0.25, 0.3) is 0 Å². The molecular formula is C25H28N2O5. The maximum Gasteiger partial charge on any atom is 0.227 e. The van der Waals surface area contributed by atoms with Gasteiger partial charge >= 0.3 is 0 Å². The lowest BCUT2D eigenvalue weighted by Gasteiger charge is -2.23. The molecule has 0 fully saturated rings. The summed E-state index contributed by atoms with van der Waals surface area (Å²) in [5, 5.41) is 3.94. The van der Waals surface area contributed by atoms with Crippen LogP contribution >= 0.6 is 0 Å². The molecule has 1 aliphatic rings. The normalized spacial score (nSPS) is 12.5. The quantitative estimate of drug-likeness (QED) is 0.526. The number of nitrogens with zero attached hydrogens (tertiary/aromatic N) is 2. The van der Waals surface area contributed by atoms with E-state index in [2.05, 4.69) is 5.16 Å². The fourth-order valence-corrected chi connectivity index (χ4v) is 3.64. The second kappa shape index (κ2) is 9.77. The maximum atomic E-state index is 12.9. The van der Waals surface area contributed by atoms with Crippen LogP contribution in [0, 0.1) is 13.8 Å². The zero-order valence-corrected chi connectivity index (χ0v) is 18.7. The van der Waals surface area contributed by atoms with Crippen LogP contribution in [0.2, 0.25) is 0 Å². The van der Waals surface area contributed by atoms with Crippen LogP contribution in [0.15, 0.2) is 47.0 Å². The van der Waals surface area contributed by atoms with Gasteiger partial charge in [-0.2, -0.15) is 0 Å². The van der Waals surface area contributed by atoms with Gasteiger partial charge in [0.2, 0.25) is 5.91 Å². The van der Waals surface area contributed by atoms with E-state index in [0.717, 1.165) is 45.4 Å². The van der Waals surface area contributed by atoms with Crippen molar-refractivity contribution >= 4 is 5.91 Å². The second-order valence-corrected chi connectivity index (χ2v) is 7.80. The van der Waals surface area contributed by atoms with E-state index in [-0.39, 0.29) is 5.91 Å². The molecule has 168 valence electrons. The van der Waals surface area contributed by atoms with Crippen LogP contribution in [0.1, 0.15) is 35.1 Å². The van der Waals surface area contributed by atoms with Crippen molar-refractivity contribution in [3.8, 4) is 17.2 Å². The minimum atomic E-state index is 0.0757. The largest absolute Gasteiger partial charge is 0.489 e. The molecule has 7 nitrogen and oxygen atoms in total. The van der Waals surface area contributed by atoms with Crippen LogP contribution in [-0.4, -0.2) is 35.7 Å². The summed E-state index contributed by atoms with van der Waals surface area (Å²) in [4.78, 5) is 14.7.